The monoisotopic (exact) mass is 537 g/mol. The van der Waals surface area contributed by atoms with E-state index in [9.17, 15) is 18.0 Å². The largest absolute Gasteiger partial charge is 0.416 e. The minimum absolute atomic E-state index is 0.00464. The second-order valence-electron chi connectivity index (χ2n) is 12.0. The van der Waals surface area contributed by atoms with Crippen molar-refractivity contribution < 1.29 is 18.0 Å². The third-order valence-corrected chi connectivity index (χ3v) is 9.03. The van der Waals surface area contributed by atoms with Crippen molar-refractivity contribution in [1.82, 2.24) is 20.1 Å². The summed E-state index contributed by atoms with van der Waals surface area (Å²) in [4.78, 5) is 15.1. The summed E-state index contributed by atoms with van der Waals surface area (Å²) in [5, 5.41) is 11.9. The lowest BCUT2D eigenvalue weighted by molar-refractivity contribution is -0.138. The molecule has 0 spiro atoms. The molecule has 0 radical (unpaired) electrons. The average Bonchev–Trinajstić information content (AvgIpc) is 3.43. The van der Waals surface area contributed by atoms with Crippen molar-refractivity contribution in [1.29, 1.82) is 0 Å². The first kappa shape index (κ1) is 26.0. The van der Waals surface area contributed by atoms with E-state index in [1.165, 1.54) is 11.0 Å². The number of alkyl halides is 3. The van der Waals surface area contributed by atoms with E-state index in [1.54, 1.807) is 18.5 Å². The van der Waals surface area contributed by atoms with E-state index in [1.807, 2.05) is 29.8 Å². The number of rotatable bonds is 7. The number of nitrogens with one attached hydrogen (secondary N) is 1. The molecule has 1 N–H and O–H groups in total. The number of carbonyl (C=O) groups excluding carboxylic acids is 1. The molecule has 3 aliphatic rings. The zero-order chi connectivity index (χ0) is 27.5. The zero-order valence-corrected chi connectivity index (χ0v) is 22.6. The van der Waals surface area contributed by atoms with Gasteiger partial charge in [0.15, 0.2) is 0 Å². The summed E-state index contributed by atoms with van der Waals surface area (Å²) in [6.45, 7) is 4.52. The van der Waals surface area contributed by atoms with Gasteiger partial charge in [-0.2, -0.15) is 13.2 Å². The van der Waals surface area contributed by atoms with E-state index in [0.717, 1.165) is 43.5 Å². The van der Waals surface area contributed by atoms with Gasteiger partial charge in [-0.25, -0.2) is 0 Å². The highest BCUT2D eigenvalue weighted by Gasteiger charge is 2.42. The highest BCUT2D eigenvalue weighted by Crippen LogP contribution is 2.47. The van der Waals surface area contributed by atoms with E-state index in [-0.39, 0.29) is 29.1 Å². The number of aryl methyl sites for hydroxylation is 1. The molecule has 2 aromatic carbocycles. The van der Waals surface area contributed by atoms with Crippen molar-refractivity contribution >= 4 is 11.6 Å². The molecule has 2 fully saturated rings. The fourth-order valence-electron chi connectivity index (χ4n) is 6.56. The van der Waals surface area contributed by atoms with Crippen LogP contribution in [0.5, 0.6) is 0 Å². The van der Waals surface area contributed by atoms with Gasteiger partial charge in [0.1, 0.15) is 12.2 Å². The summed E-state index contributed by atoms with van der Waals surface area (Å²) in [6.07, 6.45) is 2.40. The molecule has 6 nitrogen and oxygen atoms in total. The van der Waals surface area contributed by atoms with Crippen LogP contribution in [0, 0.1) is 11.8 Å². The number of carbonyl (C=O) groups is 1. The lowest BCUT2D eigenvalue weighted by Crippen LogP contribution is -2.47. The normalized spacial score (nSPS) is 22.8. The predicted octanol–water partition coefficient (Wildman–Crippen LogP) is 6.20. The summed E-state index contributed by atoms with van der Waals surface area (Å²) in [7, 11) is 1.92. The molecule has 1 aliphatic heterocycles. The van der Waals surface area contributed by atoms with Gasteiger partial charge in [0, 0.05) is 36.3 Å². The molecule has 2 saturated carbocycles. The molecule has 0 unspecified atom stereocenters. The molecule has 6 rings (SSSR count). The summed E-state index contributed by atoms with van der Waals surface area (Å²) < 4.78 is 44.5. The molecule has 1 amide bonds. The zero-order valence-electron chi connectivity index (χ0n) is 22.6. The molecule has 1 aromatic heterocycles. The van der Waals surface area contributed by atoms with Gasteiger partial charge in [0.2, 0.25) is 0 Å². The SMILES string of the molecule is Cn1cnnc1[C@@H](c1cccc(N2Cc3c(cc(CNC4(C)CCC4)cc3C(F)(F)F)C2=O)c1)[C@H]1C[C@H](C)C1. The van der Waals surface area contributed by atoms with Crippen LogP contribution in [0.15, 0.2) is 42.7 Å². The number of hydrogen-bond donors (Lipinski definition) is 1. The van der Waals surface area contributed by atoms with Gasteiger partial charge in [-0.3, -0.25) is 4.79 Å². The van der Waals surface area contributed by atoms with Crippen LogP contribution in [0.4, 0.5) is 18.9 Å². The van der Waals surface area contributed by atoms with Gasteiger partial charge in [-0.1, -0.05) is 19.1 Å². The topological polar surface area (TPSA) is 63.1 Å². The fourth-order valence-corrected chi connectivity index (χ4v) is 6.56. The van der Waals surface area contributed by atoms with Crippen molar-refractivity contribution in [3.8, 4) is 0 Å². The maximum Gasteiger partial charge on any atom is 0.416 e. The molecular formula is C30H34F3N5O. The van der Waals surface area contributed by atoms with Crippen LogP contribution in [0.25, 0.3) is 0 Å². The minimum Gasteiger partial charge on any atom is -0.320 e. The molecular weight excluding hydrogens is 503 g/mol. The van der Waals surface area contributed by atoms with Crippen LogP contribution in [0.1, 0.15) is 90.3 Å². The van der Waals surface area contributed by atoms with Crippen LogP contribution < -0.4 is 10.2 Å². The summed E-state index contributed by atoms with van der Waals surface area (Å²) in [5.41, 5.74) is 1.51. The molecule has 2 heterocycles. The number of nitrogens with zero attached hydrogens (tertiary/aromatic N) is 4. The number of hydrogen-bond acceptors (Lipinski definition) is 4. The van der Waals surface area contributed by atoms with Gasteiger partial charge in [-0.15, -0.1) is 10.2 Å². The van der Waals surface area contributed by atoms with Gasteiger partial charge in [0.05, 0.1) is 12.1 Å². The molecule has 1 atom stereocenters. The highest BCUT2D eigenvalue weighted by molar-refractivity contribution is 6.10. The minimum atomic E-state index is -4.55. The Hall–Kier alpha value is -3.20. The lowest BCUT2D eigenvalue weighted by atomic mass is 9.67. The van der Waals surface area contributed by atoms with Crippen molar-refractivity contribution in [2.24, 2.45) is 18.9 Å². The third kappa shape index (κ3) is 4.75. The van der Waals surface area contributed by atoms with Crippen molar-refractivity contribution in [2.45, 2.75) is 76.7 Å². The summed E-state index contributed by atoms with van der Waals surface area (Å²) in [5.74, 6) is 1.51. The lowest BCUT2D eigenvalue weighted by Gasteiger charge is -2.39. The number of halogens is 3. The molecule has 3 aromatic rings. The van der Waals surface area contributed by atoms with Crippen LogP contribution in [0.2, 0.25) is 0 Å². The second kappa shape index (κ2) is 9.47. The van der Waals surface area contributed by atoms with Crippen LogP contribution in [0.3, 0.4) is 0 Å². The molecule has 9 heteroatoms. The quantitative estimate of drug-likeness (QED) is 0.390. The maximum absolute atomic E-state index is 14.2. The van der Waals surface area contributed by atoms with Crippen LogP contribution in [-0.2, 0) is 26.3 Å². The van der Waals surface area contributed by atoms with E-state index >= 15 is 0 Å². The van der Waals surface area contributed by atoms with Gasteiger partial charge in [0.25, 0.3) is 5.91 Å². The Kier molecular flexibility index (Phi) is 6.32. The number of anilines is 1. The summed E-state index contributed by atoms with van der Waals surface area (Å²) >= 11 is 0. The number of fused-ring (bicyclic) bond motifs is 1. The van der Waals surface area contributed by atoms with Crippen molar-refractivity contribution in [3.63, 3.8) is 0 Å². The third-order valence-electron chi connectivity index (χ3n) is 9.03. The number of aromatic nitrogens is 3. The van der Waals surface area contributed by atoms with Gasteiger partial charge >= 0.3 is 6.18 Å². The van der Waals surface area contributed by atoms with E-state index in [0.29, 0.717) is 29.6 Å². The van der Waals surface area contributed by atoms with Gasteiger partial charge in [-0.05, 0) is 91.8 Å². The Bertz CT molecular complexity index is 1400. The first-order valence-electron chi connectivity index (χ1n) is 13.8. The Labute approximate surface area is 226 Å². The van der Waals surface area contributed by atoms with Crippen molar-refractivity contribution in [3.05, 3.63) is 76.4 Å². The number of benzene rings is 2. The van der Waals surface area contributed by atoms with E-state index in [4.69, 9.17) is 0 Å². The molecule has 2 aliphatic carbocycles. The second-order valence-corrected chi connectivity index (χ2v) is 12.0. The van der Waals surface area contributed by atoms with Crippen LogP contribution in [-0.4, -0.2) is 26.2 Å². The van der Waals surface area contributed by atoms with Gasteiger partial charge < -0.3 is 14.8 Å². The average molecular weight is 538 g/mol. The van der Waals surface area contributed by atoms with E-state index < -0.39 is 17.6 Å². The molecule has 206 valence electrons. The standard InChI is InChI=1S/C30H34F3N5O/c1-18-10-21(11-18)26(27-36-35-17-37(27)3)20-6-4-7-22(14-20)38-16-24-23(28(38)39)12-19(13-25(24)30(31,32)33)15-34-29(2)8-5-9-29/h4,6-7,12-14,17-18,21,26,34H,5,8-11,15-16H2,1-3H3/t18-,21-,26-/m0/s1. The molecule has 0 saturated heterocycles. The fraction of sp³-hybridized carbons (Fsp3) is 0.500. The van der Waals surface area contributed by atoms with Crippen molar-refractivity contribution in [2.75, 3.05) is 4.90 Å². The summed E-state index contributed by atoms with van der Waals surface area (Å²) in [6, 6.07) is 10.5. The van der Waals surface area contributed by atoms with Crippen LogP contribution >= 0.6 is 0 Å². The predicted molar refractivity (Wildman–Crippen MR) is 142 cm³/mol. The maximum atomic E-state index is 14.2. The Morgan fingerprint density at radius 1 is 1.18 bits per heavy atom. The first-order chi connectivity index (χ1) is 18.5. The number of amides is 1. The smallest absolute Gasteiger partial charge is 0.320 e. The first-order valence-corrected chi connectivity index (χ1v) is 13.8. The van der Waals surface area contributed by atoms with E-state index in [2.05, 4.69) is 29.4 Å². The molecule has 39 heavy (non-hydrogen) atoms. The Morgan fingerprint density at radius 2 is 1.95 bits per heavy atom. The molecule has 0 bridgehead atoms. The Morgan fingerprint density at radius 3 is 2.56 bits per heavy atom. The highest BCUT2D eigenvalue weighted by atomic mass is 19.4. The Balaban J connectivity index is 1.33.